The third kappa shape index (κ3) is 3.90. The second kappa shape index (κ2) is 7.96. The van der Waals surface area contributed by atoms with Crippen LogP contribution >= 0.6 is 0 Å². The molecule has 6 heteroatoms. The van der Waals surface area contributed by atoms with Crippen molar-refractivity contribution in [3.05, 3.63) is 53.3 Å². The minimum Gasteiger partial charge on any atom is -0.493 e. The quantitative estimate of drug-likeness (QED) is 0.829. The average Bonchev–Trinajstić information content (AvgIpc) is 2.74. The van der Waals surface area contributed by atoms with Crippen LogP contribution in [-0.4, -0.2) is 55.8 Å². The Hall–Kier alpha value is -2.60. The standard InChI is InChI=1S/C21H24N2O4/c1-25-19-4-2-3-16-11-15(14-27-20(16)19)12-18-6-5-17(13-22-18)21(24)23-7-9-26-10-8-23/h2-6,13,15H,7-12,14H2,1H3/t15-/m1/s1. The highest BCUT2D eigenvalue weighted by Crippen LogP contribution is 2.36. The highest BCUT2D eigenvalue weighted by molar-refractivity contribution is 5.94. The second-order valence-electron chi connectivity index (χ2n) is 6.98. The van der Waals surface area contributed by atoms with Crippen LogP contribution in [0.15, 0.2) is 36.5 Å². The first-order valence-electron chi connectivity index (χ1n) is 9.35. The molecule has 0 spiro atoms. The molecule has 1 fully saturated rings. The van der Waals surface area contributed by atoms with E-state index in [1.54, 1.807) is 13.3 Å². The van der Waals surface area contributed by atoms with Crippen LogP contribution in [0.25, 0.3) is 0 Å². The molecule has 27 heavy (non-hydrogen) atoms. The molecule has 0 unspecified atom stereocenters. The lowest BCUT2D eigenvalue weighted by molar-refractivity contribution is 0.0302. The Morgan fingerprint density at radius 1 is 1.26 bits per heavy atom. The Morgan fingerprint density at radius 2 is 2.11 bits per heavy atom. The second-order valence-corrected chi connectivity index (χ2v) is 6.98. The molecule has 6 nitrogen and oxygen atoms in total. The highest BCUT2D eigenvalue weighted by atomic mass is 16.5. The van der Waals surface area contributed by atoms with E-state index in [0.717, 1.165) is 30.0 Å². The van der Waals surface area contributed by atoms with E-state index in [2.05, 4.69) is 11.1 Å². The Bertz CT molecular complexity index is 800. The number of methoxy groups -OCH3 is 1. The van der Waals surface area contributed by atoms with Crippen LogP contribution in [-0.2, 0) is 17.6 Å². The lowest BCUT2D eigenvalue weighted by Crippen LogP contribution is -2.40. The van der Waals surface area contributed by atoms with Crippen LogP contribution in [0.3, 0.4) is 0 Å². The number of carbonyl (C=O) groups is 1. The molecular formula is C21H24N2O4. The fraction of sp³-hybridized carbons (Fsp3) is 0.429. The molecule has 2 aliphatic heterocycles. The molecule has 3 heterocycles. The van der Waals surface area contributed by atoms with Gasteiger partial charge in [-0.1, -0.05) is 12.1 Å². The molecule has 0 bridgehead atoms. The number of pyridine rings is 1. The van der Waals surface area contributed by atoms with Gasteiger partial charge in [-0.2, -0.15) is 0 Å². The average molecular weight is 368 g/mol. The van der Waals surface area contributed by atoms with Gasteiger partial charge in [0.05, 0.1) is 32.5 Å². The van der Waals surface area contributed by atoms with Gasteiger partial charge in [-0.15, -0.1) is 0 Å². The fourth-order valence-electron chi connectivity index (χ4n) is 3.67. The van der Waals surface area contributed by atoms with Gasteiger partial charge in [0.1, 0.15) is 0 Å². The third-order valence-electron chi connectivity index (χ3n) is 5.12. The van der Waals surface area contributed by atoms with E-state index in [9.17, 15) is 4.79 Å². The Balaban J connectivity index is 1.39. The highest BCUT2D eigenvalue weighted by Gasteiger charge is 2.24. The van der Waals surface area contributed by atoms with Gasteiger partial charge in [0.2, 0.25) is 0 Å². The number of ether oxygens (including phenoxy) is 3. The van der Waals surface area contributed by atoms with E-state index >= 15 is 0 Å². The van der Waals surface area contributed by atoms with Gasteiger partial charge in [0.25, 0.3) is 5.91 Å². The molecule has 142 valence electrons. The minimum atomic E-state index is 0.0272. The van der Waals surface area contributed by atoms with E-state index < -0.39 is 0 Å². The number of aromatic nitrogens is 1. The summed E-state index contributed by atoms with van der Waals surface area (Å²) in [4.78, 5) is 18.8. The smallest absolute Gasteiger partial charge is 0.255 e. The van der Waals surface area contributed by atoms with Crippen LogP contribution < -0.4 is 9.47 Å². The zero-order valence-corrected chi connectivity index (χ0v) is 15.5. The van der Waals surface area contributed by atoms with E-state index in [0.29, 0.717) is 44.4 Å². The topological polar surface area (TPSA) is 60.9 Å². The number of hydrogen-bond donors (Lipinski definition) is 0. The van der Waals surface area contributed by atoms with Crippen molar-refractivity contribution in [2.24, 2.45) is 5.92 Å². The molecule has 1 aromatic heterocycles. The number of amides is 1. The zero-order chi connectivity index (χ0) is 18.6. The summed E-state index contributed by atoms with van der Waals surface area (Å²) in [5, 5.41) is 0. The van der Waals surface area contributed by atoms with Crippen LogP contribution in [0.2, 0.25) is 0 Å². The van der Waals surface area contributed by atoms with Crippen LogP contribution in [0.4, 0.5) is 0 Å². The maximum absolute atomic E-state index is 12.5. The number of fused-ring (bicyclic) bond motifs is 1. The number of para-hydroxylation sites is 1. The monoisotopic (exact) mass is 368 g/mol. The summed E-state index contributed by atoms with van der Waals surface area (Å²) >= 11 is 0. The lowest BCUT2D eigenvalue weighted by Gasteiger charge is -2.27. The molecule has 4 rings (SSSR count). The summed E-state index contributed by atoms with van der Waals surface area (Å²) in [5.74, 6) is 2.03. The molecule has 0 aliphatic carbocycles. The molecule has 1 amide bonds. The fourth-order valence-corrected chi connectivity index (χ4v) is 3.67. The molecule has 1 atom stereocenters. The normalized spacial score (nSPS) is 19.1. The first-order valence-corrected chi connectivity index (χ1v) is 9.35. The summed E-state index contributed by atoms with van der Waals surface area (Å²) < 4.78 is 16.6. The molecule has 1 aromatic carbocycles. The summed E-state index contributed by atoms with van der Waals surface area (Å²) in [6.07, 6.45) is 3.44. The van der Waals surface area contributed by atoms with Gasteiger partial charge in [0.15, 0.2) is 11.5 Å². The molecular weight excluding hydrogens is 344 g/mol. The van der Waals surface area contributed by atoms with Crippen molar-refractivity contribution in [1.82, 2.24) is 9.88 Å². The van der Waals surface area contributed by atoms with Gasteiger partial charge in [-0.05, 0) is 36.6 Å². The molecule has 0 saturated carbocycles. The van der Waals surface area contributed by atoms with E-state index in [-0.39, 0.29) is 5.91 Å². The zero-order valence-electron chi connectivity index (χ0n) is 15.5. The maximum atomic E-state index is 12.5. The summed E-state index contributed by atoms with van der Waals surface area (Å²) in [7, 11) is 1.66. The van der Waals surface area contributed by atoms with Gasteiger partial charge >= 0.3 is 0 Å². The van der Waals surface area contributed by atoms with Gasteiger partial charge in [-0.25, -0.2) is 0 Å². The number of morpholine rings is 1. The first kappa shape index (κ1) is 17.8. The Kier molecular flexibility index (Phi) is 5.25. The molecule has 1 saturated heterocycles. The lowest BCUT2D eigenvalue weighted by atomic mass is 9.92. The minimum absolute atomic E-state index is 0.0272. The largest absolute Gasteiger partial charge is 0.493 e. The Labute approximate surface area is 159 Å². The van der Waals surface area contributed by atoms with Crippen molar-refractivity contribution in [1.29, 1.82) is 0 Å². The van der Waals surface area contributed by atoms with Crippen LogP contribution in [0.5, 0.6) is 11.5 Å². The van der Waals surface area contributed by atoms with Crippen LogP contribution in [0, 0.1) is 5.92 Å². The van der Waals surface area contributed by atoms with Gasteiger partial charge in [0, 0.05) is 30.9 Å². The Morgan fingerprint density at radius 3 is 2.85 bits per heavy atom. The summed E-state index contributed by atoms with van der Waals surface area (Å²) in [6.45, 7) is 3.13. The van der Waals surface area contributed by atoms with E-state index in [1.807, 2.05) is 29.2 Å². The number of benzene rings is 1. The van der Waals surface area contributed by atoms with Crippen molar-refractivity contribution in [3.8, 4) is 11.5 Å². The van der Waals surface area contributed by atoms with Crippen molar-refractivity contribution in [3.63, 3.8) is 0 Å². The van der Waals surface area contributed by atoms with Crippen molar-refractivity contribution in [2.75, 3.05) is 40.0 Å². The predicted molar refractivity (Wildman–Crippen MR) is 100 cm³/mol. The molecule has 0 radical (unpaired) electrons. The predicted octanol–water partition coefficient (Wildman–Crippen LogP) is 2.36. The maximum Gasteiger partial charge on any atom is 0.255 e. The van der Waals surface area contributed by atoms with E-state index in [4.69, 9.17) is 14.2 Å². The summed E-state index contributed by atoms with van der Waals surface area (Å²) in [5.41, 5.74) is 2.79. The van der Waals surface area contributed by atoms with Crippen LogP contribution in [0.1, 0.15) is 21.6 Å². The number of rotatable bonds is 4. The third-order valence-corrected chi connectivity index (χ3v) is 5.12. The molecule has 2 aliphatic rings. The number of hydrogen-bond acceptors (Lipinski definition) is 5. The van der Waals surface area contributed by atoms with E-state index in [1.165, 1.54) is 5.56 Å². The van der Waals surface area contributed by atoms with Crippen molar-refractivity contribution < 1.29 is 19.0 Å². The first-order chi connectivity index (χ1) is 13.2. The summed E-state index contributed by atoms with van der Waals surface area (Å²) in [6, 6.07) is 9.83. The van der Waals surface area contributed by atoms with Gasteiger partial charge in [-0.3, -0.25) is 9.78 Å². The number of nitrogens with zero attached hydrogens (tertiary/aromatic N) is 2. The van der Waals surface area contributed by atoms with Crippen molar-refractivity contribution >= 4 is 5.91 Å². The SMILES string of the molecule is COc1cccc2c1OC[C@@H](Cc1ccc(C(=O)N3CCOCC3)cn1)C2. The van der Waals surface area contributed by atoms with Gasteiger partial charge < -0.3 is 19.1 Å². The number of carbonyl (C=O) groups excluding carboxylic acids is 1. The van der Waals surface area contributed by atoms with Crippen molar-refractivity contribution in [2.45, 2.75) is 12.8 Å². The molecule has 0 N–H and O–H groups in total. The molecule has 2 aromatic rings.